The van der Waals surface area contributed by atoms with Crippen LogP contribution in [0.3, 0.4) is 0 Å². The van der Waals surface area contributed by atoms with E-state index < -0.39 is 0 Å². The third kappa shape index (κ3) is 1.85. The number of rotatable bonds is 1. The topological polar surface area (TPSA) is 17.3 Å². The van der Waals surface area contributed by atoms with E-state index in [-0.39, 0.29) is 0 Å². The minimum atomic E-state index is 0.531. The molecule has 2 nitrogen and oxygen atoms in total. The number of fused-ring (bicyclic) bond motifs is 1. The monoisotopic (exact) mass is 306 g/mol. The zero-order valence-electron chi connectivity index (χ0n) is 8.77. The Bertz CT molecular complexity index is 673. The molecule has 2 heterocycles. The van der Waals surface area contributed by atoms with Crippen LogP contribution in [-0.4, -0.2) is 9.38 Å². The Hall–Kier alpha value is -1.32. The highest BCUT2D eigenvalue weighted by molar-refractivity contribution is 9.10. The lowest BCUT2D eigenvalue weighted by Gasteiger charge is -2.00. The summed E-state index contributed by atoms with van der Waals surface area (Å²) in [5.74, 6) is 0.859. The van der Waals surface area contributed by atoms with Crippen molar-refractivity contribution in [1.29, 1.82) is 0 Å². The van der Waals surface area contributed by atoms with E-state index in [4.69, 9.17) is 11.6 Å². The van der Waals surface area contributed by atoms with Gasteiger partial charge >= 0.3 is 0 Å². The van der Waals surface area contributed by atoms with Crippen LogP contribution in [0.15, 0.2) is 53.1 Å². The average molecular weight is 308 g/mol. The highest BCUT2D eigenvalue weighted by atomic mass is 79.9. The SMILES string of the molecule is Clc1nc(-c2ccc(Br)cc2)n2ccccc12. The Morgan fingerprint density at radius 3 is 2.59 bits per heavy atom. The first kappa shape index (κ1) is 10.8. The van der Waals surface area contributed by atoms with Crippen molar-refractivity contribution in [2.75, 3.05) is 0 Å². The lowest BCUT2D eigenvalue weighted by molar-refractivity contribution is 1.16. The van der Waals surface area contributed by atoms with Gasteiger partial charge in [0.1, 0.15) is 5.82 Å². The molecule has 0 aliphatic carbocycles. The van der Waals surface area contributed by atoms with E-state index in [1.807, 2.05) is 53.1 Å². The minimum absolute atomic E-state index is 0.531. The fourth-order valence-electron chi connectivity index (χ4n) is 1.80. The zero-order valence-corrected chi connectivity index (χ0v) is 11.1. The van der Waals surface area contributed by atoms with Crippen molar-refractivity contribution < 1.29 is 0 Å². The van der Waals surface area contributed by atoms with Gasteiger partial charge in [0.2, 0.25) is 0 Å². The smallest absolute Gasteiger partial charge is 0.155 e. The highest BCUT2D eigenvalue weighted by Crippen LogP contribution is 2.26. The second kappa shape index (κ2) is 4.17. The van der Waals surface area contributed by atoms with Gasteiger partial charge in [-0.15, -0.1) is 0 Å². The molecule has 3 aromatic rings. The first-order chi connectivity index (χ1) is 8.25. The van der Waals surface area contributed by atoms with E-state index in [9.17, 15) is 0 Å². The van der Waals surface area contributed by atoms with Crippen molar-refractivity contribution >= 4 is 33.0 Å². The van der Waals surface area contributed by atoms with Crippen LogP contribution in [0.25, 0.3) is 16.9 Å². The number of hydrogen-bond donors (Lipinski definition) is 0. The number of pyridine rings is 1. The summed E-state index contributed by atoms with van der Waals surface area (Å²) in [4.78, 5) is 4.40. The van der Waals surface area contributed by atoms with Crippen LogP contribution in [0.1, 0.15) is 0 Å². The second-order valence-corrected chi connectivity index (χ2v) is 4.96. The summed E-state index contributed by atoms with van der Waals surface area (Å²) in [5, 5.41) is 0.531. The second-order valence-electron chi connectivity index (χ2n) is 3.69. The molecule has 84 valence electrons. The molecule has 0 saturated heterocycles. The summed E-state index contributed by atoms with van der Waals surface area (Å²) in [6.07, 6.45) is 1.96. The standard InChI is InChI=1S/C13H8BrClN2/c14-10-6-4-9(5-7-10)13-16-12(15)11-3-1-2-8-17(11)13/h1-8H. The van der Waals surface area contributed by atoms with Gasteiger partial charge in [-0.1, -0.05) is 45.7 Å². The Morgan fingerprint density at radius 1 is 1.06 bits per heavy atom. The quantitative estimate of drug-likeness (QED) is 0.650. The molecule has 0 unspecified atom stereocenters. The molecule has 17 heavy (non-hydrogen) atoms. The van der Waals surface area contributed by atoms with E-state index in [2.05, 4.69) is 20.9 Å². The molecular formula is C13H8BrClN2. The lowest BCUT2D eigenvalue weighted by Crippen LogP contribution is -1.87. The van der Waals surface area contributed by atoms with Crippen LogP contribution in [0.4, 0.5) is 0 Å². The molecule has 0 N–H and O–H groups in total. The van der Waals surface area contributed by atoms with Crippen LogP contribution in [0.5, 0.6) is 0 Å². The van der Waals surface area contributed by atoms with Crippen molar-refractivity contribution in [2.45, 2.75) is 0 Å². The highest BCUT2D eigenvalue weighted by Gasteiger charge is 2.09. The fraction of sp³-hybridized carbons (Fsp3) is 0. The van der Waals surface area contributed by atoms with Crippen molar-refractivity contribution in [3.8, 4) is 11.4 Å². The van der Waals surface area contributed by atoms with Gasteiger partial charge in [-0.05, 0) is 24.3 Å². The number of benzene rings is 1. The summed E-state index contributed by atoms with van der Waals surface area (Å²) >= 11 is 9.54. The number of nitrogens with zero attached hydrogens (tertiary/aromatic N) is 2. The fourth-order valence-corrected chi connectivity index (χ4v) is 2.30. The van der Waals surface area contributed by atoms with Crippen molar-refractivity contribution in [3.05, 3.63) is 58.3 Å². The van der Waals surface area contributed by atoms with Gasteiger partial charge < -0.3 is 0 Å². The Kier molecular flexibility index (Phi) is 2.65. The number of halogens is 2. The van der Waals surface area contributed by atoms with Gasteiger partial charge in [0.05, 0.1) is 5.52 Å². The van der Waals surface area contributed by atoms with Crippen LogP contribution >= 0.6 is 27.5 Å². The molecule has 1 aromatic carbocycles. The molecule has 2 aromatic heterocycles. The van der Waals surface area contributed by atoms with Gasteiger partial charge in [0.15, 0.2) is 5.15 Å². The molecule has 0 atom stereocenters. The predicted molar refractivity (Wildman–Crippen MR) is 73.3 cm³/mol. The largest absolute Gasteiger partial charge is 0.298 e. The molecule has 0 saturated carbocycles. The summed E-state index contributed by atoms with van der Waals surface area (Å²) in [7, 11) is 0. The predicted octanol–water partition coefficient (Wildman–Crippen LogP) is 4.42. The van der Waals surface area contributed by atoms with E-state index >= 15 is 0 Å². The Morgan fingerprint density at radius 2 is 1.82 bits per heavy atom. The number of imidazole rings is 1. The average Bonchev–Trinajstić information content (AvgIpc) is 2.69. The van der Waals surface area contributed by atoms with E-state index in [1.54, 1.807) is 0 Å². The molecule has 0 aliphatic rings. The molecule has 0 amide bonds. The molecule has 3 rings (SSSR count). The number of hydrogen-bond acceptors (Lipinski definition) is 1. The van der Waals surface area contributed by atoms with Crippen molar-refractivity contribution in [3.63, 3.8) is 0 Å². The molecule has 0 fully saturated rings. The molecule has 0 bridgehead atoms. The third-order valence-corrected chi connectivity index (χ3v) is 3.41. The van der Waals surface area contributed by atoms with Gasteiger partial charge in [-0.25, -0.2) is 4.98 Å². The van der Waals surface area contributed by atoms with Gasteiger partial charge in [-0.3, -0.25) is 4.40 Å². The van der Waals surface area contributed by atoms with Gasteiger partial charge in [0.25, 0.3) is 0 Å². The normalized spacial score (nSPS) is 10.9. The third-order valence-electron chi connectivity index (χ3n) is 2.61. The first-order valence-corrected chi connectivity index (χ1v) is 6.31. The molecule has 0 aliphatic heterocycles. The maximum Gasteiger partial charge on any atom is 0.155 e. The van der Waals surface area contributed by atoms with Crippen LogP contribution in [0.2, 0.25) is 5.15 Å². The minimum Gasteiger partial charge on any atom is -0.298 e. The lowest BCUT2D eigenvalue weighted by atomic mass is 10.2. The van der Waals surface area contributed by atoms with E-state index in [1.165, 1.54) is 0 Å². The van der Waals surface area contributed by atoms with Crippen molar-refractivity contribution in [1.82, 2.24) is 9.38 Å². The summed E-state index contributed by atoms with van der Waals surface area (Å²) < 4.78 is 3.04. The van der Waals surface area contributed by atoms with E-state index in [0.717, 1.165) is 21.4 Å². The molecule has 0 spiro atoms. The van der Waals surface area contributed by atoms with Crippen LogP contribution in [0, 0.1) is 0 Å². The van der Waals surface area contributed by atoms with Crippen LogP contribution in [-0.2, 0) is 0 Å². The Balaban J connectivity index is 2.27. The Labute approximate surface area is 112 Å². The summed E-state index contributed by atoms with van der Waals surface area (Å²) in [5.41, 5.74) is 1.97. The molecule has 0 radical (unpaired) electrons. The van der Waals surface area contributed by atoms with E-state index in [0.29, 0.717) is 5.15 Å². The summed E-state index contributed by atoms with van der Waals surface area (Å²) in [6.45, 7) is 0. The first-order valence-electron chi connectivity index (χ1n) is 5.14. The molecule has 4 heteroatoms. The summed E-state index contributed by atoms with van der Waals surface area (Å²) in [6, 6.07) is 13.9. The van der Waals surface area contributed by atoms with Crippen molar-refractivity contribution in [2.24, 2.45) is 0 Å². The zero-order chi connectivity index (χ0) is 11.8. The number of aromatic nitrogens is 2. The van der Waals surface area contributed by atoms with Gasteiger partial charge in [-0.2, -0.15) is 0 Å². The van der Waals surface area contributed by atoms with Gasteiger partial charge in [0, 0.05) is 16.2 Å². The maximum absolute atomic E-state index is 6.12. The maximum atomic E-state index is 6.12. The molecular weight excluding hydrogens is 300 g/mol. The van der Waals surface area contributed by atoms with Crippen LogP contribution < -0.4 is 0 Å².